The second-order valence-electron chi connectivity index (χ2n) is 4.11. The van der Waals surface area contributed by atoms with Crippen molar-refractivity contribution in [2.45, 2.75) is 0 Å². The first-order chi connectivity index (χ1) is 9.16. The number of nitrogens with zero attached hydrogens (tertiary/aromatic N) is 5. The van der Waals surface area contributed by atoms with E-state index in [0.717, 1.165) is 5.69 Å². The van der Waals surface area contributed by atoms with Gasteiger partial charge in [-0.2, -0.15) is 10.1 Å². The Hall–Kier alpha value is -2.83. The maximum absolute atomic E-state index is 6.10. The van der Waals surface area contributed by atoms with Crippen molar-refractivity contribution in [3.63, 3.8) is 0 Å². The molecular formula is C12H13N7. The molecule has 0 saturated heterocycles. The second-order valence-corrected chi connectivity index (χ2v) is 4.11. The van der Waals surface area contributed by atoms with Crippen LogP contribution in [0.4, 0.5) is 11.8 Å². The number of anilines is 2. The Bertz CT molecular complexity index is 692. The van der Waals surface area contributed by atoms with E-state index in [-0.39, 0.29) is 0 Å². The highest BCUT2D eigenvalue weighted by atomic mass is 15.4. The fourth-order valence-corrected chi connectivity index (χ4v) is 1.82. The van der Waals surface area contributed by atoms with Crippen molar-refractivity contribution in [3.8, 4) is 17.1 Å². The Morgan fingerprint density at radius 3 is 2.47 bits per heavy atom. The van der Waals surface area contributed by atoms with Crippen LogP contribution in [0.3, 0.4) is 0 Å². The maximum Gasteiger partial charge on any atom is 0.218 e. The highest BCUT2D eigenvalue weighted by molar-refractivity contribution is 5.70. The number of para-hydroxylation sites is 1. The molecule has 3 aromatic rings. The second kappa shape index (κ2) is 4.13. The number of rotatable bonds is 2. The summed E-state index contributed by atoms with van der Waals surface area (Å²) in [5, 5.41) is 8.46. The first-order valence-corrected chi connectivity index (χ1v) is 5.72. The van der Waals surface area contributed by atoms with Crippen LogP contribution in [0.25, 0.3) is 17.1 Å². The summed E-state index contributed by atoms with van der Waals surface area (Å²) in [6, 6.07) is 9.63. The zero-order chi connectivity index (χ0) is 13.4. The topological polar surface area (TPSA) is 101 Å². The van der Waals surface area contributed by atoms with Gasteiger partial charge in [-0.1, -0.05) is 18.2 Å². The molecule has 1 aromatic carbocycles. The van der Waals surface area contributed by atoms with E-state index in [9.17, 15) is 0 Å². The average Bonchev–Trinajstić information content (AvgIpc) is 2.95. The molecule has 0 aliphatic heterocycles. The van der Waals surface area contributed by atoms with E-state index in [1.807, 2.05) is 30.3 Å². The number of hydrogen-bond donors (Lipinski definition) is 2. The van der Waals surface area contributed by atoms with Gasteiger partial charge in [0.1, 0.15) is 5.82 Å². The van der Waals surface area contributed by atoms with Gasteiger partial charge in [0.15, 0.2) is 5.82 Å². The van der Waals surface area contributed by atoms with Crippen LogP contribution in [0.2, 0.25) is 0 Å². The molecule has 7 nitrogen and oxygen atoms in total. The molecule has 0 saturated carbocycles. The molecule has 4 N–H and O–H groups in total. The number of aromatic nitrogens is 5. The third kappa shape index (κ3) is 1.81. The van der Waals surface area contributed by atoms with Gasteiger partial charge in [0.25, 0.3) is 0 Å². The Balaban J connectivity index is 2.09. The third-order valence-electron chi connectivity index (χ3n) is 2.84. The number of aryl methyl sites for hydroxylation is 1. The summed E-state index contributed by atoms with van der Waals surface area (Å²) in [5.41, 5.74) is 13.3. The van der Waals surface area contributed by atoms with E-state index >= 15 is 0 Å². The first kappa shape index (κ1) is 11.3. The normalized spacial score (nSPS) is 10.8. The molecule has 0 aliphatic rings. The van der Waals surface area contributed by atoms with E-state index in [2.05, 4.69) is 15.2 Å². The van der Waals surface area contributed by atoms with Gasteiger partial charge in [-0.3, -0.25) is 0 Å². The van der Waals surface area contributed by atoms with Crippen LogP contribution >= 0.6 is 0 Å². The lowest BCUT2D eigenvalue weighted by molar-refractivity contribution is 0.781. The molecule has 19 heavy (non-hydrogen) atoms. The van der Waals surface area contributed by atoms with Crippen LogP contribution in [-0.2, 0) is 7.05 Å². The van der Waals surface area contributed by atoms with Gasteiger partial charge < -0.3 is 11.5 Å². The molecule has 0 fully saturated rings. The van der Waals surface area contributed by atoms with E-state index in [1.54, 1.807) is 17.9 Å². The van der Waals surface area contributed by atoms with Gasteiger partial charge in [0.05, 0.1) is 17.4 Å². The van der Waals surface area contributed by atoms with Crippen molar-refractivity contribution >= 4 is 11.8 Å². The molecule has 0 spiro atoms. The first-order valence-electron chi connectivity index (χ1n) is 5.72. The molecule has 0 bridgehead atoms. The van der Waals surface area contributed by atoms with Crippen molar-refractivity contribution < 1.29 is 0 Å². The molecule has 0 aliphatic carbocycles. The van der Waals surface area contributed by atoms with Crippen molar-refractivity contribution in [2.24, 2.45) is 7.05 Å². The van der Waals surface area contributed by atoms with Gasteiger partial charge in [-0.05, 0) is 12.1 Å². The predicted octanol–water partition coefficient (Wildman–Crippen LogP) is 0.832. The summed E-state index contributed by atoms with van der Waals surface area (Å²) in [7, 11) is 1.73. The van der Waals surface area contributed by atoms with Crippen molar-refractivity contribution in [1.82, 2.24) is 24.5 Å². The van der Waals surface area contributed by atoms with Crippen LogP contribution in [0, 0.1) is 0 Å². The molecule has 0 unspecified atom stereocenters. The molecule has 0 atom stereocenters. The highest BCUT2D eigenvalue weighted by Crippen LogP contribution is 2.25. The summed E-state index contributed by atoms with van der Waals surface area (Å²) >= 11 is 0. The standard InChI is InChI=1S/C12H13N7/c1-18-12(14)16-11(17-18)9-7-15-19(10(9)13)8-5-3-2-4-6-8/h2-7H,13H2,1H3,(H2,14,16,17). The molecule has 2 aromatic heterocycles. The van der Waals surface area contributed by atoms with Crippen molar-refractivity contribution in [2.75, 3.05) is 11.5 Å². The summed E-state index contributed by atoms with van der Waals surface area (Å²) < 4.78 is 3.14. The predicted molar refractivity (Wildman–Crippen MR) is 72.4 cm³/mol. The smallest absolute Gasteiger partial charge is 0.218 e. The maximum atomic E-state index is 6.10. The monoisotopic (exact) mass is 255 g/mol. The van der Waals surface area contributed by atoms with E-state index in [1.165, 1.54) is 4.68 Å². The summed E-state index contributed by atoms with van der Waals surface area (Å²) in [6.07, 6.45) is 1.64. The summed E-state index contributed by atoms with van der Waals surface area (Å²) in [5.74, 6) is 1.29. The molecule has 0 radical (unpaired) electrons. The minimum absolute atomic E-state index is 0.335. The zero-order valence-corrected chi connectivity index (χ0v) is 10.4. The highest BCUT2D eigenvalue weighted by Gasteiger charge is 2.15. The van der Waals surface area contributed by atoms with Crippen LogP contribution in [0.5, 0.6) is 0 Å². The van der Waals surface area contributed by atoms with Gasteiger partial charge in [0, 0.05) is 7.05 Å². The van der Waals surface area contributed by atoms with Crippen molar-refractivity contribution in [3.05, 3.63) is 36.5 Å². The fraction of sp³-hybridized carbons (Fsp3) is 0.0833. The summed E-state index contributed by atoms with van der Waals surface area (Å²) in [4.78, 5) is 4.14. The SMILES string of the molecule is Cn1nc(-c2cnn(-c3ccccc3)c2N)nc1N. The Labute approximate surface area is 109 Å². The minimum Gasteiger partial charge on any atom is -0.383 e. The van der Waals surface area contributed by atoms with E-state index < -0.39 is 0 Å². The lowest BCUT2D eigenvalue weighted by atomic mass is 10.3. The number of nitrogens with two attached hydrogens (primary N) is 2. The molecule has 2 heterocycles. The lowest BCUT2D eigenvalue weighted by Gasteiger charge is -2.03. The molecule has 7 heteroatoms. The zero-order valence-electron chi connectivity index (χ0n) is 10.4. The van der Waals surface area contributed by atoms with Crippen LogP contribution in [-0.4, -0.2) is 24.5 Å². The van der Waals surface area contributed by atoms with Gasteiger partial charge >= 0.3 is 0 Å². The number of nitrogen functional groups attached to an aromatic ring is 2. The third-order valence-corrected chi connectivity index (χ3v) is 2.84. The van der Waals surface area contributed by atoms with Crippen LogP contribution in [0.1, 0.15) is 0 Å². The Morgan fingerprint density at radius 2 is 1.84 bits per heavy atom. The molecular weight excluding hydrogens is 242 g/mol. The quantitative estimate of drug-likeness (QED) is 0.706. The lowest BCUT2D eigenvalue weighted by Crippen LogP contribution is -2.02. The van der Waals surface area contributed by atoms with Crippen molar-refractivity contribution in [1.29, 1.82) is 0 Å². The largest absolute Gasteiger partial charge is 0.383 e. The van der Waals surface area contributed by atoms with Crippen LogP contribution in [0.15, 0.2) is 36.5 Å². The van der Waals surface area contributed by atoms with E-state index in [0.29, 0.717) is 23.2 Å². The van der Waals surface area contributed by atoms with Gasteiger partial charge in [0.2, 0.25) is 5.95 Å². The number of benzene rings is 1. The molecule has 0 amide bonds. The summed E-state index contributed by atoms with van der Waals surface area (Å²) in [6.45, 7) is 0. The minimum atomic E-state index is 0.335. The Kier molecular flexibility index (Phi) is 2.45. The Morgan fingerprint density at radius 1 is 1.11 bits per heavy atom. The number of hydrogen-bond acceptors (Lipinski definition) is 5. The van der Waals surface area contributed by atoms with E-state index in [4.69, 9.17) is 11.5 Å². The fourth-order valence-electron chi connectivity index (χ4n) is 1.82. The molecule has 3 rings (SSSR count). The van der Waals surface area contributed by atoms with Gasteiger partial charge in [-0.15, -0.1) is 5.10 Å². The molecule has 96 valence electrons. The average molecular weight is 255 g/mol. The van der Waals surface area contributed by atoms with Gasteiger partial charge in [-0.25, -0.2) is 9.36 Å². The van der Waals surface area contributed by atoms with Crippen LogP contribution < -0.4 is 11.5 Å².